The van der Waals surface area contributed by atoms with E-state index < -0.39 is 22.6 Å². The van der Waals surface area contributed by atoms with E-state index in [4.69, 9.17) is 16.0 Å². The summed E-state index contributed by atoms with van der Waals surface area (Å²) in [5.74, 6) is -0.0604. The van der Waals surface area contributed by atoms with Gasteiger partial charge in [0.05, 0.1) is 11.5 Å². The van der Waals surface area contributed by atoms with Crippen molar-refractivity contribution in [3.05, 3.63) is 34.7 Å². The highest BCUT2D eigenvalue weighted by Gasteiger charge is 2.16. The van der Waals surface area contributed by atoms with Gasteiger partial charge in [0.15, 0.2) is 0 Å². The maximum absolute atomic E-state index is 11.8. The van der Waals surface area contributed by atoms with Gasteiger partial charge < -0.3 is 15.8 Å². The predicted molar refractivity (Wildman–Crippen MR) is 92.5 cm³/mol. The molecule has 11 heteroatoms. The molecule has 0 unspecified atom stereocenters. The third-order valence-electron chi connectivity index (χ3n) is 2.47. The minimum absolute atomic E-state index is 0.0715. The second kappa shape index (κ2) is 13.0. The Kier molecular flexibility index (Phi) is 11.8. The molecule has 0 aliphatic heterocycles. The Balaban J connectivity index is 0.00000178. The Morgan fingerprint density at radius 1 is 1.36 bits per heavy atom. The molecule has 0 heterocycles. The van der Waals surface area contributed by atoms with E-state index in [1.54, 1.807) is 0 Å². The molecule has 0 spiro atoms. The molecule has 1 aromatic carbocycles. The molecule has 3 N–H and O–H groups in total. The lowest BCUT2D eigenvalue weighted by atomic mass is 10.3. The molecular formula is C14H23N5O5S. The Morgan fingerprint density at radius 3 is 2.48 bits per heavy atom. The van der Waals surface area contributed by atoms with Crippen LogP contribution >= 0.6 is 0 Å². The number of likely N-dealkylation sites (N-methyl/N-ethyl adjacent to an activating group) is 1. The summed E-state index contributed by atoms with van der Waals surface area (Å²) in [4.78, 5) is 13.5. The van der Waals surface area contributed by atoms with Gasteiger partial charge in [-0.05, 0) is 42.8 Å². The molecule has 10 nitrogen and oxygen atoms in total. The van der Waals surface area contributed by atoms with E-state index in [-0.39, 0.29) is 4.90 Å². The number of carbonyl (C=O) groups is 1. The van der Waals surface area contributed by atoms with Crippen molar-refractivity contribution in [2.45, 2.75) is 18.2 Å². The lowest BCUT2D eigenvalue weighted by molar-refractivity contribution is -0.122. The molecule has 140 valence electrons. The number of benzene rings is 1. The standard InChI is InChI=1S/C12H16N4O5S.C2H7N/c1-14-12(17)9-21-22(18,19)11-5-3-10(4-6-11)20-8-2-7-15-16-13;1-2-3/h3-6H,2,7-9H2,1H3,(H,14,17);2-3H2,1H3. The number of nitrogens with one attached hydrogen (secondary N) is 1. The Bertz CT molecular complexity index is 657. The van der Waals surface area contributed by atoms with Crippen molar-refractivity contribution in [1.29, 1.82) is 0 Å². The van der Waals surface area contributed by atoms with Crippen LogP contribution in [0, 0.1) is 0 Å². The molecule has 0 radical (unpaired) electrons. The number of carbonyl (C=O) groups excluding carboxylic acids is 1. The van der Waals surface area contributed by atoms with E-state index in [2.05, 4.69) is 19.5 Å². The first-order chi connectivity index (χ1) is 11.9. The molecule has 0 fully saturated rings. The zero-order valence-electron chi connectivity index (χ0n) is 14.2. The summed E-state index contributed by atoms with van der Waals surface area (Å²) in [7, 11) is -2.60. The molecule has 0 atom stereocenters. The molecule has 0 aliphatic rings. The molecule has 0 saturated carbocycles. The van der Waals surface area contributed by atoms with Crippen LogP contribution in [0.15, 0.2) is 34.3 Å². The van der Waals surface area contributed by atoms with Gasteiger partial charge in [-0.25, -0.2) is 0 Å². The van der Waals surface area contributed by atoms with Crippen LogP contribution < -0.4 is 15.8 Å². The smallest absolute Gasteiger partial charge is 0.297 e. The van der Waals surface area contributed by atoms with Gasteiger partial charge >= 0.3 is 0 Å². The zero-order valence-corrected chi connectivity index (χ0v) is 15.0. The highest BCUT2D eigenvalue weighted by Crippen LogP contribution is 2.17. The van der Waals surface area contributed by atoms with Crippen LogP contribution in [0.5, 0.6) is 5.75 Å². The van der Waals surface area contributed by atoms with E-state index in [1.807, 2.05) is 6.92 Å². The Hall–Kier alpha value is -2.33. The van der Waals surface area contributed by atoms with E-state index in [9.17, 15) is 13.2 Å². The summed E-state index contributed by atoms with van der Waals surface area (Å²) >= 11 is 0. The SMILES string of the molecule is CCN.CNC(=O)COS(=O)(=O)c1ccc(OCCCN=[N+]=[N-])cc1. The topological polar surface area (TPSA) is 156 Å². The summed E-state index contributed by atoms with van der Waals surface area (Å²) in [5, 5.41) is 5.62. The molecule has 0 bridgehead atoms. The fraction of sp³-hybridized carbons (Fsp3) is 0.500. The van der Waals surface area contributed by atoms with E-state index in [0.717, 1.165) is 6.54 Å². The second-order valence-corrected chi connectivity index (χ2v) is 6.04. The van der Waals surface area contributed by atoms with Gasteiger partial charge in [-0.3, -0.25) is 8.98 Å². The van der Waals surface area contributed by atoms with Crippen molar-refractivity contribution in [3.63, 3.8) is 0 Å². The number of hydrogen-bond acceptors (Lipinski definition) is 7. The lowest BCUT2D eigenvalue weighted by Gasteiger charge is -2.07. The minimum atomic E-state index is -3.99. The molecule has 1 aromatic rings. The third kappa shape index (κ3) is 10.2. The summed E-state index contributed by atoms with van der Waals surface area (Å²) < 4.78 is 33.6. The first-order valence-corrected chi connectivity index (χ1v) is 8.85. The van der Waals surface area contributed by atoms with Crippen LogP contribution in [0.3, 0.4) is 0 Å². The van der Waals surface area contributed by atoms with Crippen LogP contribution in [0.4, 0.5) is 0 Å². The Morgan fingerprint density at radius 2 is 1.96 bits per heavy atom. The highest BCUT2D eigenvalue weighted by molar-refractivity contribution is 7.86. The van der Waals surface area contributed by atoms with Crippen LogP contribution in [-0.4, -0.2) is 47.7 Å². The monoisotopic (exact) mass is 373 g/mol. The number of nitrogens with two attached hydrogens (primary N) is 1. The average molecular weight is 373 g/mol. The fourth-order valence-corrected chi connectivity index (χ4v) is 2.21. The van der Waals surface area contributed by atoms with Gasteiger partial charge in [0.2, 0.25) is 5.91 Å². The van der Waals surface area contributed by atoms with E-state index in [1.165, 1.54) is 31.3 Å². The number of ether oxygens (including phenoxy) is 1. The molecule has 0 saturated heterocycles. The molecule has 1 rings (SSSR count). The number of azide groups is 1. The van der Waals surface area contributed by atoms with Gasteiger partial charge in [0.25, 0.3) is 10.1 Å². The van der Waals surface area contributed by atoms with E-state index in [0.29, 0.717) is 25.3 Å². The normalized spacial score (nSPS) is 10.0. The van der Waals surface area contributed by atoms with Gasteiger partial charge in [-0.15, -0.1) is 0 Å². The van der Waals surface area contributed by atoms with Crippen molar-refractivity contribution in [2.75, 3.05) is 33.4 Å². The van der Waals surface area contributed by atoms with Crippen molar-refractivity contribution >= 4 is 16.0 Å². The lowest BCUT2D eigenvalue weighted by Crippen LogP contribution is -2.25. The molecule has 1 amide bonds. The average Bonchev–Trinajstić information content (AvgIpc) is 2.60. The van der Waals surface area contributed by atoms with Gasteiger partial charge in [-0.2, -0.15) is 8.42 Å². The quantitative estimate of drug-likeness (QED) is 0.217. The van der Waals surface area contributed by atoms with Crippen LogP contribution in [0.25, 0.3) is 10.4 Å². The summed E-state index contributed by atoms with van der Waals surface area (Å²) in [6, 6.07) is 5.59. The molecule has 25 heavy (non-hydrogen) atoms. The van der Waals surface area contributed by atoms with Crippen molar-refractivity contribution in [1.82, 2.24) is 5.32 Å². The highest BCUT2D eigenvalue weighted by atomic mass is 32.2. The maximum Gasteiger partial charge on any atom is 0.297 e. The Labute approximate surface area is 147 Å². The number of amides is 1. The number of nitrogens with zero attached hydrogens (tertiary/aromatic N) is 3. The molecule has 0 aromatic heterocycles. The first kappa shape index (κ1) is 22.7. The van der Waals surface area contributed by atoms with Gasteiger partial charge in [-0.1, -0.05) is 12.0 Å². The number of hydrogen-bond donors (Lipinski definition) is 2. The zero-order chi connectivity index (χ0) is 19.1. The summed E-state index contributed by atoms with van der Waals surface area (Å²) in [6.45, 7) is 2.76. The minimum Gasteiger partial charge on any atom is -0.494 e. The maximum atomic E-state index is 11.8. The summed E-state index contributed by atoms with van der Waals surface area (Å²) in [6.07, 6.45) is 0.555. The van der Waals surface area contributed by atoms with Gasteiger partial charge in [0.1, 0.15) is 12.4 Å². The van der Waals surface area contributed by atoms with Crippen LogP contribution in [0.2, 0.25) is 0 Å². The second-order valence-electron chi connectivity index (χ2n) is 4.43. The number of rotatable bonds is 9. The third-order valence-corrected chi connectivity index (χ3v) is 3.75. The van der Waals surface area contributed by atoms with Crippen molar-refractivity contribution in [3.8, 4) is 5.75 Å². The largest absolute Gasteiger partial charge is 0.494 e. The van der Waals surface area contributed by atoms with Crippen molar-refractivity contribution < 1.29 is 22.1 Å². The van der Waals surface area contributed by atoms with E-state index >= 15 is 0 Å². The van der Waals surface area contributed by atoms with Crippen LogP contribution in [0.1, 0.15) is 13.3 Å². The molecular weight excluding hydrogens is 350 g/mol. The predicted octanol–water partition coefficient (Wildman–Crippen LogP) is 1.18. The van der Waals surface area contributed by atoms with Crippen LogP contribution in [-0.2, 0) is 19.1 Å². The fourth-order valence-electron chi connectivity index (χ4n) is 1.34. The first-order valence-electron chi connectivity index (χ1n) is 7.45. The van der Waals surface area contributed by atoms with Crippen molar-refractivity contribution in [2.24, 2.45) is 10.8 Å². The molecule has 0 aliphatic carbocycles. The summed E-state index contributed by atoms with van der Waals surface area (Å²) in [5.41, 5.74) is 13.0. The van der Waals surface area contributed by atoms with Gasteiger partial charge in [0, 0.05) is 18.5 Å².